The normalized spacial score (nSPS) is 12.2. The average molecular weight is 304 g/mol. The summed E-state index contributed by atoms with van der Waals surface area (Å²) in [6.45, 7) is 10.5. The zero-order valence-corrected chi connectivity index (χ0v) is 14.6. The molecule has 0 aliphatic carbocycles. The molecule has 0 atom stereocenters. The van der Waals surface area contributed by atoms with Crippen LogP contribution in [0.1, 0.15) is 58.9 Å². The van der Waals surface area contributed by atoms with Gasteiger partial charge in [-0.1, -0.05) is 27.7 Å². The largest absolute Gasteiger partial charge is 0.494 e. The Kier molecular flexibility index (Phi) is 8.64. The van der Waals surface area contributed by atoms with Crippen molar-refractivity contribution in [3.8, 4) is 5.75 Å². The van der Waals surface area contributed by atoms with Crippen molar-refractivity contribution < 1.29 is 4.74 Å². The van der Waals surface area contributed by atoms with Crippen LogP contribution in [-0.4, -0.2) is 19.0 Å². The van der Waals surface area contributed by atoms with E-state index >= 15 is 0 Å². The highest BCUT2D eigenvalue weighted by Crippen LogP contribution is 2.13. The summed E-state index contributed by atoms with van der Waals surface area (Å²) in [6, 6.07) is 7.92. The molecule has 0 aromatic heterocycles. The van der Waals surface area contributed by atoms with Gasteiger partial charge >= 0.3 is 0 Å². The Morgan fingerprint density at radius 3 is 2.18 bits per heavy atom. The van der Waals surface area contributed by atoms with Gasteiger partial charge in [-0.3, -0.25) is 4.99 Å². The van der Waals surface area contributed by atoms with E-state index in [2.05, 4.69) is 32.7 Å². The molecular weight excluding hydrogens is 272 g/mol. The fraction of sp³-hybridized carbons (Fsp3) is 0.632. The van der Waals surface area contributed by atoms with Crippen LogP contribution in [0.4, 0.5) is 0 Å². The topological polar surface area (TPSA) is 47.6 Å². The van der Waals surface area contributed by atoms with Crippen molar-refractivity contribution in [2.75, 3.05) is 13.2 Å². The Labute approximate surface area is 136 Å². The van der Waals surface area contributed by atoms with Crippen molar-refractivity contribution in [1.29, 1.82) is 0 Å². The number of rotatable bonds is 10. The maximum absolute atomic E-state index is 6.03. The van der Waals surface area contributed by atoms with E-state index in [0.717, 1.165) is 49.1 Å². The minimum Gasteiger partial charge on any atom is -0.494 e. The van der Waals surface area contributed by atoms with Crippen molar-refractivity contribution in [2.24, 2.45) is 22.6 Å². The van der Waals surface area contributed by atoms with Crippen LogP contribution in [0.25, 0.3) is 0 Å². The Morgan fingerprint density at radius 2 is 1.59 bits per heavy atom. The van der Waals surface area contributed by atoms with Crippen molar-refractivity contribution in [3.05, 3.63) is 29.8 Å². The maximum atomic E-state index is 6.03. The minimum absolute atomic E-state index is 0.620. The van der Waals surface area contributed by atoms with Crippen LogP contribution < -0.4 is 10.5 Å². The average Bonchev–Trinajstić information content (AvgIpc) is 2.48. The third-order valence-electron chi connectivity index (χ3n) is 3.57. The molecule has 0 spiro atoms. The molecule has 0 aliphatic heterocycles. The molecule has 1 aromatic carbocycles. The number of amidine groups is 1. The maximum Gasteiger partial charge on any atom is 0.125 e. The molecule has 124 valence electrons. The molecule has 1 rings (SSSR count). The zero-order valence-electron chi connectivity index (χ0n) is 14.6. The number of ether oxygens (including phenoxy) is 1. The van der Waals surface area contributed by atoms with Gasteiger partial charge in [0.2, 0.25) is 0 Å². The molecule has 0 saturated carbocycles. The summed E-state index contributed by atoms with van der Waals surface area (Å²) in [5.41, 5.74) is 7.00. The second-order valence-corrected chi connectivity index (χ2v) is 6.71. The number of aliphatic imine (C=N–C) groups is 1. The predicted molar refractivity (Wildman–Crippen MR) is 95.7 cm³/mol. The first kappa shape index (κ1) is 18.5. The second kappa shape index (κ2) is 10.3. The molecule has 3 heteroatoms. The van der Waals surface area contributed by atoms with E-state index < -0.39 is 0 Å². The molecule has 0 unspecified atom stereocenters. The summed E-state index contributed by atoms with van der Waals surface area (Å²) in [5, 5.41) is 0. The molecule has 1 aromatic rings. The molecule has 22 heavy (non-hydrogen) atoms. The summed E-state index contributed by atoms with van der Waals surface area (Å²) in [6.07, 6.45) is 4.59. The van der Waals surface area contributed by atoms with Gasteiger partial charge < -0.3 is 10.5 Å². The Balaban J connectivity index is 2.38. The number of hydrogen-bond donors (Lipinski definition) is 1. The number of nitrogens with zero attached hydrogens (tertiary/aromatic N) is 1. The van der Waals surface area contributed by atoms with Gasteiger partial charge in [0, 0.05) is 12.1 Å². The van der Waals surface area contributed by atoms with Crippen LogP contribution in [0.2, 0.25) is 0 Å². The van der Waals surface area contributed by atoms with Gasteiger partial charge in [-0.2, -0.15) is 0 Å². The van der Waals surface area contributed by atoms with Crippen molar-refractivity contribution in [3.63, 3.8) is 0 Å². The van der Waals surface area contributed by atoms with Gasteiger partial charge in [0.25, 0.3) is 0 Å². The summed E-state index contributed by atoms with van der Waals surface area (Å²) in [4.78, 5) is 4.44. The molecule has 0 saturated heterocycles. The lowest BCUT2D eigenvalue weighted by molar-refractivity contribution is 0.297. The highest BCUT2D eigenvalue weighted by Gasteiger charge is 2.01. The summed E-state index contributed by atoms with van der Waals surface area (Å²) in [5.74, 6) is 2.98. The predicted octanol–water partition coefficient (Wildman–Crippen LogP) is 4.64. The highest BCUT2D eigenvalue weighted by molar-refractivity contribution is 5.97. The molecule has 0 amide bonds. The molecule has 2 N–H and O–H groups in total. The van der Waals surface area contributed by atoms with E-state index in [-0.39, 0.29) is 0 Å². The Bertz CT molecular complexity index is 435. The smallest absolute Gasteiger partial charge is 0.125 e. The van der Waals surface area contributed by atoms with Crippen LogP contribution in [-0.2, 0) is 0 Å². The molecule has 0 fully saturated rings. The minimum atomic E-state index is 0.620. The quantitative estimate of drug-likeness (QED) is 0.389. The van der Waals surface area contributed by atoms with E-state index in [1.165, 1.54) is 12.8 Å². The first-order valence-corrected chi connectivity index (χ1v) is 8.52. The fourth-order valence-corrected chi connectivity index (χ4v) is 2.19. The second-order valence-electron chi connectivity index (χ2n) is 6.71. The fourth-order valence-electron chi connectivity index (χ4n) is 2.19. The molecule has 3 nitrogen and oxygen atoms in total. The zero-order chi connectivity index (χ0) is 16.4. The number of benzene rings is 1. The van der Waals surface area contributed by atoms with E-state index in [1.807, 2.05) is 24.3 Å². The first-order valence-electron chi connectivity index (χ1n) is 8.52. The molecule has 0 heterocycles. The molecule has 0 bridgehead atoms. The molecule has 0 aliphatic rings. The van der Waals surface area contributed by atoms with Crippen LogP contribution in [0.15, 0.2) is 29.3 Å². The van der Waals surface area contributed by atoms with E-state index in [4.69, 9.17) is 10.5 Å². The van der Waals surface area contributed by atoms with Gasteiger partial charge in [-0.25, -0.2) is 0 Å². The van der Waals surface area contributed by atoms with Gasteiger partial charge in [0.05, 0.1) is 6.61 Å². The van der Waals surface area contributed by atoms with Gasteiger partial charge in [0.15, 0.2) is 0 Å². The Morgan fingerprint density at radius 1 is 1.00 bits per heavy atom. The first-order chi connectivity index (χ1) is 10.5. The van der Waals surface area contributed by atoms with E-state index in [1.54, 1.807) is 0 Å². The summed E-state index contributed by atoms with van der Waals surface area (Å²) >= 11 is 0. The van der Waals surface area contributed by atoms with Crippen molar-refractivity contribution in [1.82, 2.24) is 0 Å². The summed E-state index contributed by atoms with van der Waals surface area (Å²) < 4.78 is 5.74. The standard InChI is InChI=1S/C19H32N2O/c1-15(2)7-5-13-21-19(20)17-9-11-18(12-10-17)22-14-6-8-16(3)4/h9-12,15-16H,5-8,13-14H2,1-4H3,(H2,20,21). The SMILES string of the molecule is CC(C)CCCN=C(N)c1ccc(OCCCC(C)C)cc1. The van der Waals surface area contributed by atoms with Crippen LogP contribution in [0.5, 0.6) is 5.75 Å². The van der Waals surface area contributed by atoms with E-state index in [9.17, 15) is 0 Å². The third-order valence-corrected chi connectivity index (χ3v) is 3.57. The lowest BCUT2D eigenvalue weighted by Gasteiger charge is -2.08. The van der Waals surface area contributed by atoms with Crippen LogP contribution in [0.3, 0.4) is 0 Å². The highest BCUT2D eigenvalue weighted by atomic mass is 16.5. The van der Waals surface area contributed by atoms with Crippen molar-refractivity contribution >= 4 is 5.84 Å². The molecule has 0 radical (unpaired) electrons. The Hall–Kier alpha value is -1.51. The molecular formula is C19H32N2O. The van der Waals surface area contributed by atoms with Crippen LogP contribution in [0, 0.1) is 11.8 Å². The van der Waals surface area contributed by atoms with Gasteiger partial charge in [-0.05, 0) is 61.8 Å². The lowest BCUT2D eigenvalue weighted by Crippen LogP contribution is -2.14. The van der Waals surface area contributed by atoms with Crippen molar-refractivity contribution in [2.45, 2.75) is 53.4 Å². The van der Waals surface area contributed by atoms with E-state index in [0.29, 0.717) is 5.84 Å². The lowest BCUT2D eigenvalue weighted by atomic mass is 10.1. The summed E-state index contributed by atoms with van der Waals surface area (Å²) in [7, 11) is 0. The van der Waals surface area contributed by atoms with Gasteiger partial charge in [0.1, 0.15) is 11.6 Å². The van der Waals surface area contributed by atoms with Gasteiger partial charge in [-0.15, -0.1) is 0 Å². The third kappa shape index (κ3) is 8.06. The number of hydrogen-bond acceptors (Lipinski definition) is 2. The number of nitrogens with two attached hydrogens (primary N) is 1. The van der Waals surface area contributed by atoms with Crippen LogP contribution >= 0.6 is 0 Å². The monoisotopic (exact) mass is 304 g/mol.